The Labute approximate surface area is 118 Å². The molecule has 0 aliphatic heterocycles. The molecule has 4 nitrogen and oxygen atoms in total. The highest BCUT2D eigenvalue weighted by atomic mass is 19.1. The van der Waals surface area contributed by atoms with Gasteiger partial charge < -0.3 is 10.1 Å². The fourth-order valence-corrected chi connectivity index (χ4v) is 1.89. The van der Waals surface area contributed by atoms with Crippen LogP contribution in [0, 0.1) is 12.7 Å². The molecule has 0 saturated heterocycles. The van der Waals surface area contributed by atoms with Gasteiger partial charge in [-0.3, -0.25) is 0 Å². The number of aryl methyl sites for hydroxylation is 1. The topological polar surface area (TPSA) is 47.0 Å². The van der Waals surface area contributed by atoms with E-state index in [1.54, 1.807) is 18.2 Å². The van der Waals surface area contributed by atoms with E-state index < -0.39 is 0 Å². The first kappa shape index (κ1) is 14.2. The van der Waals surface area contributed by atoms with Crippen molar-refractivity contribution >= 4 is 5.82 Å². The van der Waals surface area contributed by atoms with Gasteiger partial charge in [-0.1, -0.05) is 12.1 Å². The number of halogens is 1. The third-order valence-corrected chi connectivity index (χ3v) is 2.84. The molecule has 0 spiro atoms. The fraction of sp³-hybridized carbons (Fsp3) is 0.333. The van der Waals surface area contributed by atoms with Gasteiger partial charge in [-0.2, -0.15) is 4.98 Å². The number of ether oxygens (including phenoxy) is 1. The number of anilines is 1. The predicted molar refractivity (Wildman–Crippen MR) is 76.4 cm³/mol. The van der Waals surface area contributed by atoms with Crippen LogP contribution in [0.15, 0.2) is 30.3 Å². The van der Waals surface area contributed by atoms with E-state index in [2.05, 4.69) is 15.3 Å². The van der Waals surface area contributed by atoms with Crippen LogP contribution in [0.3, 0.4) is 0 Å². The summed E-state index contributed by atoms with van der Waals surface area (Å²) < 4.78 is 18.3. The van der Waals surface area contributed by atoms with Crippen molar-refractivity contribution in [1.82, 2.24) is 9.97 Å². The number of nitrogens with zero attached hydrogens (tertiary/aromatic N) is 2. The summed E-state index contributed by atoms with van der Waals surface area (Å²) in [7, 11) is 0. The van der Waals surface area contributed by atoms with Crippen LogP contribution < -0.4 is 10.1 Å². The number of nitrogens with one attached hydrogen (secondary N) is 1. The highest BCUT2D eigenvalue weighted by Crippen LogP contribution is 2.20. The molecule has 0 fully saturated rings. The average molecular weight is 275 g/mol. The average Bonchev–Trinajstić information content (AvgIpc) is 2.39. The van der Waals surface area contributed by atoms with E-state index in [9.17, 15) is 4.39 Å². The summed E-state index contributed by atoms with van der Waals surface area (Å²) in [6, 6.07) is 8.18. The lowest BCUT2D eigenvalue weighted by atomic mass is 10.1. The summed E-state index contributed by atoms with van der Waals surface area (Å²) in [5.74, 6) is 1.65. The van der Waals surface area contributed by atoms with Crippen LogP contribution in [0.1, 0.15) is 31.3 Å². The second-order valence-electron chi connectivity index (χ2n) is 4.49. The summed E-state index contributed by atoms with van der Waals surface area (Å²) in [6.45, 7) is 6.27. The Morgan fingerprint density at radius 2 is 1.95 bits per heavy atom. The maximum absolute atomic E-state index is 12.9. The van der Waals surface area contributed by atoms with Crippen molar-refractivity contribution in [2.24, 2.45) is 0 Å². The summed E-state index contributed by atoms with van der Waals surface area (Å²) in [5, 5.41) is 3.26. The summed E-state index contributed by atoms with van der Waals surface area (Å²) in [4.78, 5) is 8.52. The minimum atomic E-state index is -0.238. The standard InChI is InChI=1S/C15H18FN3O/c1-4-20-15-9-14(18-11(3)19-15)17-10(2)12-5-7-13(16)8-6-12/h5-10H,4H2,1-3H3,(H,17,18,19). The van der Waals surface area contributed by atoms with E-state index in [1.165, 1.54) is 12.1 Å². The van der Waals surface area contributed by atoms with E-state index in [4.69, 9.17) is 4.74 Å². The molecular formula is C15H18FN3O. The maximum Gasteiger partial charge on any atom is 0.218 e. The molecule has 0 radical (unpaired) electrons. The number of hydrogen-bond acceptors (Lipinski definition) is 4. The molecule has 1 aromatic carbocycles. The van der Waals surface area contributed by atoms with E-state index in [0.29, 0.717) is 24.1 Å². The lowest BCUT2D eigenvalue weighted by molar-refractivity contribution is 0.325. The van der Waals surface area contributed by atoms with Crippen LogP contribution in [-0.4, -0.2) is 16.6 Å². The van der Waals surface area contributed by atoms with Gasteiger partial charge in [0.25, 0.3) is 0 Å². The van der Waals surface area contributed by atoms with Gasteiger partial charge in [0, 0.05) is 12.1 Å². The number of rotatable bonds is 5. The van der Waals surface area contributed by atoms with Crippen LogP contribution in [0.25, 0.3) is 0 Å². The Balaban J connectivity index is 2.14. The van der Waals surface area contributed by atoms with Crippen LogP contribution in [0.2, 0.25) is 0 Å². The molecule has 1 atom stereocenters. The largest absolute Gasteiger partial charge is 0.478 e. The van der Waals surface area contributed by atoms with Gasteiger partial charge >= 0.3 is 0 Å². The Bertz CT molecular complexity index is 572. The van der Waals surface area contributed by atoms with E-state index in [-0.39, 0.29) is 11.9 Å². The first-order valence-corrected chi connectivity index (χ1v) is 6.59. The first-order chi connectivity index (χ1) is 9.58. The van der Waals surface area contributed by atoms with Crippen molar-refractivity contribution in [3.05, 3.63) is 47.5 Å². The van der Waals surface area contributed by atoms with Gasteiger partial charge in [-0.05, 0) is 38.5 Å². The lowest BCUT2D eigenvalue weighted by Crippen LogP contribution is -2.09. The molecule has 5 heteroatoms. The van der Waals surface area contributed by atoms with E-state index in [1.807, 2.05) is 20.8 Å². The highest BCUT2D eigenvalue weighted by molar-refractivity contribution is 5.41. The lowest BCUT2D eigenvalue weighted by Gasteiger charge is -2.16. The third-order valence-electron chi connectivity index (χ3n) is 2.84. The molecule has 0 aliphatic rings. The highest BCUT2D eigenvalue weighted by Gasteiger charge is 2.08. The normalized spacial score (nSPS) is 12.0. The quantitative estimate of drug-likeness (QED) is 0.907. The third kappa shape index (κ3) is 3.66. The fourth-order valence-electron chi connectivity index (χ4n) is 1.89. The van der Waals surface area contributed by atoms with E-state index >= 15 is 0 Å². The minimum Gasteiger partial charge on any atom is -0.478 e. The van der Waals surface area contributed by atoms with Gasteiger partial charge in [-0.15, -0.1) is 0 Å². The molecule has 106 valence electrons. The molecule has 0 aliphatic carbocycles. The van der Waals surface area contributed by atoms with Crippen LogP contribution >= 0.6 is 0 Å². The number of benzene rings is 1. The summed E-state index contributed by atoms with van der Waals surface area (Å²) in [6.07, 6.45) is 0. The Morgan fingerprint density at radius 3 is 2.60 bits per heavy atom. The van der Waals surface area contributed by atoms with Crippen molar-refractivity contribution in [1.29, 1.82) is 0 Å². The zero-order valence-electron chi connectivity index (χ0n) is 11.9. The Kier molecular flexibility index (Phi) is 4.50. The molecule has 1 N–H and O–H groups in total. The molecule has 1 unspecified atom stereocenters. The van der Waals surface area contributed by atoms with Crippen molar-refractivity contribution in [2.75, 3.05) is 11.9 Å². The molecule has 20 heavy (non-hydrogen) atoms. The monoisotopic (exact) mass is 275 g/mol. The Morgan fingerprint density at radius 1 is 1.25 bits per heavy atom. The summed E-state index contributed by atoms with van der Waals surface area (Å²) in [5.41, 5.74) is 0.987. The van der Waals surface area contributed by atoms with Gasteiger partial charge in [0.05, 0.1) is 6.61 Å². The first-order valence-electron chi connectivity index (χ1n) is 6.59. The van der Waals surface area contributed by atoms with Crippen LogP contribution in [0.5, 0.6) is 5.88 Å². The second-order valence-corrected chi connectivity index (χ2v) is 4.49. The van der Waals surface area contributed by atoms with Gasteiger partial charge in [-0.25, -0.2) is 9.37 Å². The zero-order valence-corrected chi connectivity index (χ0v) is 11.9. The number of hydrogen-bond donors (Lipinski definition) is 1. The molecule has 0 amide bonds. The number of aromatic nitrogens is 2. The van der Waals surface area contributed by atoms with Crippen LogP contribution in [-0.2, 0) is 0 Å². The zero-order chi connectivity index (χ0) is 14.5. The van der Waals surface area contributed by atoms with Gasteiger partial charge in [0.15, 0.2) is 0 Å². The minimum absolute atomic E-state index is 0.0133. The van der Waals surface area contributed by atoms with Gasteiger partial charge in [0.1, 0.15) is 17.5 Å². The van der Waals surface area contributed by atoms with Crippen molar-refractivity contribution in [3.8, 4) is 5.88 Å². The van der Waals surface area contributed by atoms with E-state index in [0.717, 1.165) is 5.56 Å². The van der Waals surface area contributed by atoms with Crippen molar-refractivity contribution in [2.45, 2.75) is 26.8 Å². The smallest absolute Gasteiger partial charge is 0.218 e. The second kappa shape index (κ2) is 6.32. The predicted octanol–water partition coefficient (Wildman–Crippen LogP) is 3.50. The molecule has 0 saturated carbocycles. The summed E-state index contributed by atoms with van der Waals surface area (Å²) >= 11 is 0. The molecule has 2 rings (SSSR count). The molecule has 1 aromatic heterocycles. The van der Waals surface area contributed by atoms with Crippen LogP contribution in [0.4, 0.5) is 10.2 Å². The SMILES string of the molecule is CCOc1cc(NC(C)c2ccc(F)cc2)nc(C)n1. The molecule has 0 bridgehead atoms. The van der Waals surface area contributed by atoms with Crippen molar-refractivity contribution < 1.29 is 9.13 Å². The molecular weight excluding hydrogens is 257 g/mol. The van der Waals surface area contributed by atoms with Gasteiger partial charge in [0.2, 0.25) is 5.88 Å². The molecule has 2 aromatic rings. The van der Waals surface area contributed by atoms with Crippen molar-refractivity contribution in [3.63, 3.8) is 0 Å². The molecule has 1 heterocycles. The Hall–Kier alpha value is -2.17. The maximum atomic E-state index is 12.9.